The number of para-hydroxylation sites is 2. The van der Waals surface area contributed by atoms with E-state index in [4.69, 9.17) is 21.1 Å². The average Bonchev–Trinajstić information content (AvgIpc) is 3.37. The molecule has 41 heavy (non-hydrogen) atoms. The number of carbonyl (C=O) groups is 2. The maximum Gasteiger partial charge on any atom is 0.416 e. The smallest absolute Gasteiger partial charge is 0.416 e. The number of anilines is 1. The number of benzene rings is 3. The van der Waals surface area contributed by atoms with Crippen molar-refractivity contribution in [1.82, 2.24) is 20.1 Å². The van der Waals surface area contributed by atoms with Crippen molar-refractivity contribution >= 4 is 40.9 Å². The first kappa shape index (κ1) is 29.7. The molecule has 2 N–H and O–H groups in total. The predicted molar refractivity (Wildman–Crippen MR) is 148 cm³/mol. The Morgan fingerprint density at radius 2 is 1.78 bits per heavy atom. The molecule has 0 saturated carbocycles. The Hall–Kier alpha value is -4.23. The summed E-state index contributed by atoms with van der Waals surface area (Å²) in [6, 6.07) is 16.3. The van der Waals surface area contributed by atoms with Crippen LogP contribution in [0.2, 0.25) is 5.02 Å². The van der Waals surface area contributed by atoms with Crippen LogP contribution in [0, 0.1) is 0 Å². The SMILES string of the molecule is COc1cccc(C(=O)NCc2nnc(SCC(=O)Nc3cc(C(F)(F)F)ccc3Cl)n2-c2ccccc2OC)c1. The van der Waals surface area contributed by atoms with Crippen LogP contribution in [0.15, 0.2) is 71.9 Å². The number of thioether (sulfide) groups is 1. The van der Waals surface area contributed by atoms with Crippen LogP contribution in [-0.2, 0) is 17.5 Å². The standard InChI is InChI=1S/C27H23ClF3N5O4S/c1-39-18-7-5-6-16(12-18)25(38)32-14-23-34-35-26(36(23)21-8-3-4-9-22(21)40-2)41-15-24(37)33-20-13-17(27(29,30)31)10-11-19(20)28/h3-13H,14-15H2,1-2H3,(H,32,38)(H,33,37). The number of halogens is 4. The van der Waals surface area contributed by atoms with Crippen molar-refractivity contribution in [2.75, 3.05) is 25.3 Å². The molecule has 0 aliphatic rings. The van der Waals surface area contributed by atoms with Crippen molar-refractivity contribution < 1.29 is 32.2 Å². The molecule has 0 radical (unpaired) electrons. The zero-order valence-electron chi connectivity index (χ0n) is 21.7. The van der Waals surface area contributed by atoms with Gasteiger partial charge in [0.15, 0.2) is 11.0 Å². The van der Waals surface area contributed by atoms with E-state index in [2.05, 4.69) is 20.8 Å². The minimum Gasteiger partial charge on any atom is -0.497 e. The maximum atomic E-state index is 13.1. The second-order valence-electron chi connectivity index (χ2n) is 8.35. The Bertz CT molecular complexity index is 1560. The fourth-order valence-corrected chi connectivity index (χ4v) is 4.63. The van der Waals surface area contributed by atoms with E-state index in [-0.39, 0.29) is 34.1 Å². The normalized spacial score (nSPS) is 11.2. The third-order valence-corrected chi connectivity index (χ3v) is 6.92. The van der Waals surface area contributed by atoms with E-state index in [1.54, 1.807) is 53.1 Å². The Morgan fingerprint density at radius 1 is 1.00 bits per heavy atom. The highest BCUT2D eigenvalue weighted by atomic mass is 35.5. The van der Waals surface area contributed by atoms with Crippen molar-refractivity contribution in [3.63, 3.8) is 0 Å². The predicted octanol–water partition coefficient (Wildman–Crippen LogP) is 5.62. The molecule has 4 rings (SSSR count). The summed E-state index contributed by atoms with van der Waals surface area (Å²) < 4.78 is 51.6. The largest absolute Gasteiger partial charge is 0.497 e. The Morgan fingerprint density at radius 3 is 2.51 bits per heavy atom. The molecule has 0 aliphatic heterocycles. The van der Waals surface area contributed by atoms with Gasteiger partial charge >= 0.3 is 6.18 Å². The number of nitrogens with zero attached hydrogens (tertiary/aromatic N) is 3. The zero-order valence-corrected chi connectivity index (χ0v) is 23.2. The number of carbonyl (C=O) groups excluding carboxylic acids is 2. The number of hydrogen-bond donors (Lipinski definition) is 2. The number of nitrogens with one attached hydrogen (secondary N) is 2. The van der Waals surface area contributed by atoms with Gasteiger partial charge in [-0.25, -0.2) is 0 Å². The quantitative estimate of drug-likeness (QED) is 0.226. The van der Waals surface area contributed by atoms with Crippen LogP contribution in [0.5, 0.6) is 11.5 Å². The van der Waals surface area contributed by atoms with E-state index in [1.807, 2.05) is 0 Å². The summed E-state index contributed by atoms with van der Waals surface area (Å²) >= 11 is 6.99. The van der Waals surface area contributed by atoms with E-state index >= 15 is 0 Å². The lowest BCUT2D eigenvalue weighted by Gasteiger charge is -2.14. The lowest BCUT2D eigenvalue weighted by Crippen LogP contribution is -2.24. The highest BCUT2D eigenvalue weighted by Gasteiger charge is 2.31. The first-order valence-corrected chi connectivity index (χ1v) is 13.3. The van der Waals surface area contributed by atoms with E-state index in [1.165, 1.54) is 14.2 Å². The molecule has 0 aliphatic carbocycles. The van der Waals surface area contributed by atoms with Gasteiger partial charge < -0.3 is 20.1 Å². The van der Waals surface area contributed by atoms with Crippen LogP contribution in [-0.4, -0.2) is 46.6 Å². The molecule has 1 heterocycles. The van der Waals surface area contributed by atoms with Crippen LogP contribution < -0.4 is 20.1 Å². The van der Waals surface area contributed by atoms with Crippen molar-refractivity contribution in [2.45, 2.75) is 17.9 Å². The van der Waals surface area contributed by atoms with E-state index in [0.717, 1.165) is 30.0 Å². The molecule has 14 heteroatoms. The zero-order chi connectivity index (χ0) is 29.6. The second-order valence-corrected chi connectivity index (χ2v) is 9.70. The molecule has 214 valence electrons. The van der Waals surface area contributed by atoms with Gasteiger partial charge in [0.05, 0.1) is 48.5 Å². The van der Waals surface area contributed by atoms with Gasteiger partial charge in [-0.05, 0) is 48.5 Å². The highest BCUT2D eigenvalue weighted by Crippen LogP contribution is 2.34. The number of ether oxygens (including phenoxy) is 2. The van der Waals surface area contributed by atoms with Gasteiger partial charge in [0.25, 0.3) is 5.91 Å². The third kappa shape index (κ3) is 7.30. The van der Waals surface area contributed by atoms with Crippen LogP contribution in [0.1, 0.15) is 21.7 Å². The molecule has 0 spiro atoms. The Labute approximate surface area is 242 Å². The molecule has 0 atom stereocenters. The third-order valence-electron chi connectivity index (χ3n) is 5.67. The van der Waals surface area contributed by atoms with Crippen LogP contribution >= 0.6 is 23.4 Å². The molecule has 0 bridgehead atoms. The molecule has 0 fully saturated rings. The van der Waals surface area contributed by atoms with E-state index in [0.29, 0.717) is 28.6 Å². The summed E-state index contributed by atoms with van der Waals surface area (Å²) in [5.41, 5.74) is -0.178. The van der Waals surface area contributed by atoms with Gasteiger partial charge in [-0.3, -0.25) is 14.2 Å². The molecule has 3 aromatic carbocycles. The number of rotatable bonds is 10. The second kappa shape index (κ2) is 13.0. The fraction of sp³-hybridized carbons (Fsp3) is 0.185. The van der Waals surface area contributed by atoms with Crippen LogP contribution in [0.3, 0.4) is 0 Å². The lowest BCUT2D eigenvalue weighted by atomic mass is 10.2. The Balaban J connectivity index is 1.54. The Kier molecular flexibility index (Phi) is 9.40. The van der Waals surface area contributed by atoms with Gasteiger partial charge in [0.1, 0.15) is 11.5 Å². The topological polar surface area (TPSA) is 107 Å². The number of methoxy groups -OCH3 is 2. The molecule has 1 aromatic heterocycles. The van der Waals surface area contributed by atoms with Crippen molar-refractivity contribution in [3.05, 3.63) is 88.7 Å². The number of alkyl halides is 3. The van der Waals surface area contributed by atoms with Gasteiger partial charge in [-0.2, -0.15) is 13.2 Å². The molecular weight excluding hydrogens is 583 g/mol. The average molecular weight is 606 g/mol. The number of amides is 2. The molecule has 4 aromatic rings. The van der Waals surface area contributed by atoms with Crippen molar-refractivity contribution in [2.24, 2.45) is 0 Å². The van der Waals surface area contributed by atoms with E-state index < -0.39 is 17.6 Å². The van der Waals surface area contributed by atoms with Crippen LogP contribution in [0.4, 0.5) is 18.9 Å². The monoisotopic (exact) mass is 605 g/mol. The minimum atomic E-state index is -4.59. The summed E-state index contributed by atoms with van der Waals surface area (Å²) in [6.45, 7) is -0.0201. The minimum absolute atomic E-state index is 0.0201. The number of hydrogen-bond acceptors (Lipinski definition) is 7. The summed E-state index contributed by atoms with van der Waals surface area (Å²) in [5.74, 6) is 0.141. The van der Waals surface area contributed by atoms with Crippen molar-refractivity contribution in [1.29, 1.82) is 0 Å². The van der Waals surface area contributed by atoms with Crippen LogP contribution in [0.25, 0.3) is 5.69 Å². The molecular formula is C27H23ClF3N5O4S. The van der Waals surface area contributed by atoms with Gasteiger partial charge in [-0.1, -0.05) is 41.6 Å². The van der Waals surface area contributed by atoms with E-state index in [9.17, 15) is 22.8 Å². The number of aromatic nitrogens is 3. The molecule has 9 nitrogen and oxygen atoms in total. The van der Waals surface area contributed by atoms with Crippen molar-refractivity contribution in [3.8, 4) is 17.2 Å². The van der Waals surface area contributed by atoms with Gasteiger partial charge in [0, 0.05) is 5.56 Å². The summed E-state index contributed by atoms with van der Waals surface area (Å²) in [7, 11) is 2.99. The molecule has 2 amide bonds. The lowest BCUT2D eigenvalue weighted by molar-refractivity contribution is -0.137. The first-order valence-electron chi connectivity index (χ1n) is 11.9. The molecule has 0 unspecified atom stereocenters. The first-order chi connectivity index (χ1) is 19.6. The van der Waals surface area contributed by atoms with Gasteiger partial charge in [-0.15, -0.1) is 10.2 Å². The molecule has 0 saturated heterocycles. The summed E-state index contributed by atoms with van der Waals surface area (Å²) in [5, 5.41) is 13.8. The summed E-state index contributed by atoms with van der Waals surface area (Å²) in [4.78, 5) is 25.5. The van der Waals surface area contributed by atoms with Gasteiger partial charge in [0.2, 0.25) is 5.91 Å². The fourth-order valence-electron chi connectivity index (χ4n) is 3.70. The maximum absolute atomic E-state index is 13.1. The highest BCUT2D eigenvalue weighted by molar-refractivity contribution is 7.99. The summed E-state index contributed by atoms with van der Waals surface area (Å²) in [6.07, 6.45) is -4.59.